The van der Waals surface area contributed by atoms with Crippen molar-refractivity contribution in [2.75, 3.05) is 0 Å². The lowest BCUT2D eigenvalue weighted by atomic mass is 9.90. The van der Waals surface area contributed by atoms with Gasteiger partial charge in [-0.15, -0.1) is 0 Å². The van der Waals surface area contributed by atoms with Crippen molar-refractivity contribution in [3.63, 3.8) is 0 Å². The predicted octanol–water partition coefficient (Wildman–Crippen LogP) is 2.41. The summed E-state index contributed by atoms with van der Waals surface area (Å²) in [5, 5.41) is 10.2. The Morgan fingerprint density at radius 1 is 1.37 bits per heavy atom. The molecule has 4 nitrogen and oxygen atoms in total. The molecule has 1 fully saturated rings. The summed E-state index contributed by atoms with van der Waals surface area (Å²) in [6.45, 7) is 0. The van der Waals surface area contributed by atoms with Crippen LogP contribution in [0.25, 0.3) is 6.08 Å². The van der Waals surface area contributed by atoms with E-state index in [0.29, 0.717) is 16.4 Å². The zero-order chi connectivity index (χ0) is 13.6. The van der Waals surface area contributed by atoms with Crippen molar-refractivity contribution in [1.82, 2.24) is 0 Å². The van der Waals surface area contributed by atoms with E-state index >= 15 is 0 Å². The van der Waals surface area contributed by atoms with Gasteiger partial charge in [0.25, 0.3) is 0 Å². The molecule has 1 atom stereocenters. The molecule has 19 heavy (non-hydrogen) atoms. The number of hydrogen-bond acceptors (Lipinski definition) is 3. The fourth-order valence-corrected chi connectivity index (χ4v) is 3.85. The average molecular weight is 278 g/mol. The van der Waals surface area contributed by atoms with Crippen LogP contribution >= 0.6 is 0 Å². The van der Waals surface area contributed by atoms with Crippen LogP contribution in [0.15, 0.2) is 28.5 Å². The zero-order valence-corrected chi connectivity index (χ0v) is 11.1. The lowest BCUT2D eigenvalue weighted by Crippen LogP contribution is -2.09. The van der Waals surface area contributed by atoms with Crippen molar-refractivity contribution in [2.45, 2.75) is 30.1 Å². The van der Waals surface area contributed by atoms with Crippen LogP contribution in [0.1, 0.15) is 36.3 Å². The van der Waals surface area contributed by atoms with Crippen LogP contribution in [0.4, 0.5) is 0 Å². The van der Waals surface area contributed by atoms with Crippen LogP contribution in [0.5, 0.6) is 0 Å². The molecule has 1 aromatic rings. The van der Waals surface area contributed by atoms with Crippen molar-refractivity contribution >= 4 is 21.9 Å². The van der Waals surface area contributed by atoms with E-state index in [0.717, 1.165) is 18.4 Å². The standard InChI is InChI=1S/C14H14O4S/c15-14(16)8-12(9-1-2-9)10-3-4-13-11(7-10)5-6-19(13,17)18/h3-7,9,12H,1-2,8H2,(H,15,16). The summed E-state index contributed by atoms with van der Waals surface area (Å²) >= 11 is 0. The third-order valence-corrected chi connectivity index (χ3v) is 5.26. The molecule has 0 bridgehead atoms. The van der Waals surface area contributed by atoms with Gasteiger partial charge in [0.05, 0.1) is 11.3 Å². The Hall–Kier alpha value is -1.62. The molecule has 1 N–H and O–H groups in total. The lowest BCUT2D eigenvalue weighted by Gasteiger charge is -2.15. The van der Waals surface area contributed by atoms with E-state index in [2.05, 4.69) is 0 Å². The fraction of sp³-hybridized carbons (Fsp3) is 0.357. The van der Waals surface area contributed by atoms with Gasteiger partial charge >= 0.3 is 5.97 Å². The SMILES string of the molecule is O=C(O)CC(c1ccc2c(c1)C=CS2(=O)=O)C1CC1. The Balaban J connectivity index is 1.98. The molecule has 1 heterocycles. The molecule has 1 aliphatic heterocycles. The molecule has 0 radical (unpaired) electrons. The molecule has 0 saturated heterocycles. The highest BCUT2D eigenvalue weighted by Gasteiger charge is 2.34. The van der Waals surface area contributed by atoms with Crippen molar-refractivity contribution in [3.8, 4) is 0 Å². The van der Waals surface area contributed by atoms with E-state index in [4.69, 9.17) is 5.11 Å². The van der Waals surface area contributed by atoms with E-state index in [9.17, 15) is 13.2 Å². The average Bonchev–Trinajstić information content (AvgIpc) is 3.13. The number of carbonyl (C=O) groups is 1. The Morgan fingerprint density at radius 2 is 2.11 bits per heavy atom. The Bertz CT molecular complexity index is 669. The van der Waals surface area contributed by atoms with Crippen LogP contribution in [0.2, 0.25) is 0 Å². The van der Waals surface area contributed by atoms with E-state index in [1.54, 1.807) is 18.2 Å². The van der Waals surface area contributed by atoms with E-state index in [-0.39, 0.29) is 12.3 Å². The van der Waals surface area contributed by atoms with Gasteiger partial charge in [-0.1, -0.05) is 12.1 Å². The lowest BCUT2D eigenvalue weighted by molar-refractivity contribution is -0.137. The molecule has 100 valence electrons. The molecule has 1 aliphatic carbocycles. The summed E-state index contributed by atoms with van der Waals surface area (Å²) in [5.41, 5.74) is 1.61. The first-order valence-electron chi connectivity index (χ1n) is 6.26. The highest BCUT2D eigenvalue weighted by molar-refractivity contribution is 7.94. The van der Waals surface area contributed by atoms with Gasteiger partial charge in [0.2, 0.25) is 0 Å². The van der Waals surface area contributed by atoms with Gasteiger partial charge in [0.15, 0.2) is 9.84 Å². The zero-order valence-electron chi connectivity index (χ0n) is 10.2. The number of rotatable bonds is 4. The largest absolute Gasteiger partial charge is 0.481 e. The third kappa shape index (κ3) is 2.30. The summed E-state index contributed by atoms with van der Waals surface area (Å²) in [6, 6.07) is 5.18. The van der Waals surface area contributed by atoms with Crippen molar-refractivity contribution in [2.24, 2.45) is 5.92 Å². The highest BCUT2D eigenvalue weighted by atomic mass is 32.2. The van der Waals surface area contributed by atoms with Crippen molar-refractivity contribution < 1.29 is 18.3 Å². The van der Waals surface area contributed by atoms with Crippen molar-refractivity contribution in [1.29, 1.82) is 0 Å². The summed E-state index contributed by atoms with van der Waals surface area (Å²) in [7, 11) is -3.27. The molecule has 0 aromatic heterocycles. The van der Waals surface area contributed by atoms with Crippen LogP contribution in [0.3, 0.4) is 0 Å². The first-order chi connectivity index (χ1) is 8.97. The Kier molecular flexibility index (Phi) is 2.74. The van der Waals surface area contributed by atoms with Crippen LogP contribution in [-0.2, 0) is 14.6 Å². The van der Waals surface area contributed by atoms with Gasteiger partial charge in [-0.3, -0.25) is 4.79 Å². The first kappa shape index (κ1) is 12.4. The Morgan fingerprint density at radius 3 is 2.74 bits per heavy atom. The number of fused-ring (bicyclic) bond motifs is 1. The predicted molar refractivity (Wildman–Crippen MR) is 70.4 cm³/mol. The number of sulfone groups is 1. The summed E-state index contributed by atoms with van der Waals surface area (Å²) < 4.78 is 23.4. The normalized spacial score (nSPS) is 21.1. The van der Waals surface area contributed by atoms with Gasteiger partial charge in [-0.25, -0.2) is 8.42 Å². The molecular weight excluding hydrogens is 264 g/mol. The molecule has 5 heteroatoms. The second kappa shape index (κ2) is 4.20. The maximum Gasteiger partial charge on any atom is 0.303 e. The minimum Gasteiger partial charge on any atom is -0.481 e. The highest BCUT2D eigenvalue weighted by Crippen LogP contribution is 2.45. The number of hydrogen-bond donors (Lipinski definition) is 1. The minimum absolute atomic E-state index is 0.000459. The van der Waals surface area contributed by atoms with Gasteiger partial charge in [-0.2, -0.15) is 0 Å². The molecule has 2 aliphatic rings. The van der Waals surface area contributed by atoms with E-state index < -0.39 is 15.8 Å². The monoisotopic (exact) mass is 278 g/mol. The van der Waals surface area contributed by atoms with Crippen LogP contribution < -0.4 is 0 Å². The van der Waals surface area contributed by atoms with Gasteiger partial charge in [0.1, 0.15) is 0 Å². The first-order valence-corrected chi connectivity index (χ1v) is 7.81. The number of benzene rings is 1. The molecule has 0 spiro atoms. The number of carboxylic acid groups (broad SMARTS) is 1. The van der Waals surface area contributed by atoms with Gasteiger partial charge < -0.3 is 5.11 Å². The summed E-state index contributed by atoms with van der Waals surface area (Å²) in [4.78, 5) is 11.3. The molecule has 1 aromatic carbocycles. The maximum atomic E-state index is 11.7. The topological polar surface area (TPSA) is 71.4 Å². The van der Waals surface area contributed by atoms with E-state index in [1.165, 1.54) is 5.41 Å². The Labute approximate surface area is 111 Å². The van der Waals surface area contributed by atoms with Gasteiger partial charge in [0, 0.05) is 5.41 Å². The molecular formula is C14H14O4S. The van der Waals surface area contributed by atoms with Gasteiger partial charge in [-0.05, 0) is 47.9 Å². The third-order valence-electron chi connectivity index (χ3n) is 3.78. The smallest absolute Gasteiger partial charge is 0.303 e. The molecule has 0 amide bonds. The van der Waals surface area contributed by atoms with Crippen molar-refractivity contribution in [3.05, 3.63) is 34.7 Å². The fourth-order valence-electron chi connectivity index (χ4n) is 2.67. The summed E-state index contributed by atoms with van der Waals surface area (Å²) in [5.74, 6) is -0.379. The minimum atomic E-state index is -3.27. The quantitative estimate of drug-likeness (QED) is 0.918. The van der Waals surface area contributed by atoms with Crippen LogP contribution in [-0.4, -0.2) is 19.5 Å². The van der Waals surface area contributed by atoms with E-state index in [1.807, 2.05) is 6.07 Å². The molecule has 1 unspecified atom stereocenters. The molecule has 3 rings (SSSR count). The second-order valence-electron chi connectivity index (χ2n) is 5.19. The number of carboxylic acids is 1. The van der Waals surface area contributed by atoms with Crippen LogP contribution in [0, 0.1) is 5.92 Å². The maximum absolute atomic E-state index is 11.7. The number of aliphatic carboxylic acids is 1. The summed E-state index contributed by atoms with van der Waals surface area (Å²) in [6.07, 6.45) is 3.81. The second-order valence-corrected chi connectivity index (χ2v) is 6.99. The molecule has 1 saturated carbocycles.